The molecule has 0 aliphatic carbocycles. The third-order valence-electron chi connectivity index (χ3n) is 4.26. The molecule has 1 fully saturated rings. The van der Waals surface area contributed by atoms with E-state index in [4.69, 9.17) is 16.3 Å². The van der Waals surface area contributed by atoms with E-state index >= 15 is 0 Å². The van der Waals surface area contributed by atoms with Gasteiger partial charge in [-0.2, -0.15) is 0 Å². The molecule has 1 aliphatic heterocycles. The van der Waals surface area contributed by atoms with Crippen LogP contribution in [-0.2, 0) is 9.59 Å². The summed E-state index contributed by atoms with van der Waals surface area (Å²) in [5.41, 5.74) is 0.242. The Hall–Kier alpha value is -3.11. The number of nitrogens with zero attached hydrogens (tertiary/aromatic N) is 3. The van der Waals surface area contributed by atoms with Gasteiger partial charge in [0.15, 0.2) is 5.17 Å². The Morgan fingerprint density at radius 2 is 2.10 bits per heavy atom. The highest BCUT2D eigenvalue weighted by molar-refractivity contribution is 8.15. The monoisotopic (exact) mass is 448 g/mol. The Morgan fingerprint density at radius 3 is 2.77 bits per heavy atom. The molecule has 0 radical (unpaired) electrons. The zero-order chi connectivity index (χ0) is 21.8. The maximum Gasteiger partial charge on any atom is 0.296 e. The van der Waals surface area contributed by atoms with Crippen LogP contribution in [0.2, 0.25) is 5.02 Å². The number of anilines is 1. The topological polar surface area (TPSA) is 114 Å². The zero-order valence-corrected chi connectivity index (χ0v) is 17.6. The summed E-state index contributed by atoms with van der Waals surface area (Å²) in [6, 6.07) is 11.1. The average molecular weight is 449 g/mol. The van der Waals surface area contributed by atoms with Gasteiger partial charge in [0.1, 0.15) is 16.7 Å². The van der Waals surface area contributed by atoms with E-state index in [1.165, 1.54) is 30.2 Å². The van der Waals surface area contributed by atoms with Crippen molar-refractivity contribution in [2.45, 2.75) is 11.7 Å². The van der Waals surface area contributed by atoms with Crippen LogP contribution in [0.4, 0.5) is 17.1 Å². The van der Waals surface area contributed by atoms with Crippen LogP contribution in [0.5, 0.6) is 5.75 Å². The number of rotatable bonds is 6. The van der Waals surface area contributed by atoms with Gasteiger partial charge in [-0.05, 0) is 24.3 Å². The summed E-state index contributed by atoms with van der Waals surface area (Å²) < 4.78 is 4.97. The second-order valence-electron chi connectivity index (χ2n) is 6.24. The molecule has 1 heterocycles. The maximum atomic E-state index is 12.5. The van der Waals surface area contributed by atoms with Crippen LogP contribution in [0, 0.1) is 10.1 Å². The van der Waals surface area contributed by atoms with Gasteiger partial charge in [0.05, 0.1) is 28.8 Å². The SMILES string of the molecule is COc1ccc(NC(=O)CC2SC(=Nc3ccccc3Cl)N(C)C2=O)c([N+](=O)[O-])c1. The fourth-order valence-electron chi connectivity index (χ4n) is 2.71. The molecule has 1 N–H and O–H groups in total. The maximum absolute atomic E-state index is 12.5. The number of hydrogen-bond acceptors (Lipinski definition) is 7. The van der Waals surface area contributed by atoms with Crippen LogP contribution in [0.3, 0.4) is 0 Å². The van der Waals surface area contributed by atoms with Crippen LogP contribution in [0.25, 0.3) is 0 Å². The minimum absolute atomic E-state index is 0.0274. The predicted octanol–water partition coefficient (Wildman–Crippen LogP) is 3.85. The van der Waals surface area contributed by atoms with Crippen molar-refractivity contribution in [3.05, 3.63) is 57.6 Å². The third-order valence-corrected chi connectivity index (χ3v) is 5.80. The highest BCUT2D eigenvalue weighted by Crippen LogP contribution is 2.34. The number of nitro groups is 1. The Balaban J connectivity index is 1.73. The second-order valence-corrected chi connectivity index (χ2v) is 7.82. The predicted molar refractivity (Wildman–Crippen MR) is 116 cm³/mol. The molecule has 0 saturated carbocycles. The van der Waals surface area contributed by atoms with E-state index in [-0.39, 0.29) is 23.7 Å². The lowest BCUT2D eigenvalue weighted by atomic mass is 10.2. The molecular formula is C19H17ClN4O5S. The minimum atomic E-state index is -0.700. The fourth-order valence-corrected chi connectivity index (χ4v) is 4.03. The normalized spacial score (nSPS) is 17.3. The number of halogens is 1. The smallest absolute Gasteiger partial charge is 0.296 e. The van der Waals surface area contributed by atoms with Gasteiger partial charge >= 0.3 is 0 Å². The number of benzene rings is 2. The zero-order valence-electron chi connectivity index (χ0n) is 16.0. The van der Waals surface area contributed by atoms with Gasteiger partial charge in [-0.3, -0.25) is 24.6 Å². The molecule has 30 heavy (non-hydrogen) atoms. The molecule has 156 valence electrons. The summed E-state index contributed by atoms with van der Waals surface area (Å²) in [7, 11) is 2.95. The molecule has 2 aromatic rings. The number of nitrogens with one attached hydrogen (secondary N) is 1. The van der Waals surface area contributed by atoms with E-state index in [0.717, 1.165) is 11.8 Å². The second kappa shape index (κ2) is 9.14. The molecule has 2 aromatic carbocycles. The first-order valence-corrected chi connectivity index (χ1v) is 9.95. The highest BCUT2D eigenvalue weighted by atomic mass is 35.5. The summed E-state index contributed by atoms with van der Waals surface area (Å²) in [6.07, 6.45) is -0.168. The van der Waals surface area contributed by atoms with Crippen LogP contribution in [0.15, 0.2) is 47.5 Å². The van der Waals surface area contributed by atoms with Crippen molar-refractivity contribution in [1.29, 1.82) is 0 Å². The number of nitro benzene ring substituents is 1. The van der Waals surface area contributed by atoms with Crippen LogP contribution < -0.4 is 10.1 Å². The van der Waals surface area contributed by atoms with Gasteiger partial charge < -0.3 is 10.1 Å². The lowest BCUT2D eigenvalue weighted by Gasteiger charge is -2.10. The number of amidine groups is 1. The highest BCUT2D eigenvalue weighted by Gasteiger charge is 2.37. The van der Waals surface area contributed by atoms with Crippen molar-refractivity contribution in [3.63, 3.8) is 0 Å². The van der Waals surface area contributed by atoms with Gasteiger partial charge in [0.2, 0.25) is 11.8 Å². The molecule has 0 spiro atoms. The number of thioether (sulfide) groups is 1. The van der Waals surface area contributed by atoms with Crippen LogP contribution in [-0.4, -0.2) is 46.2 Å². The average Bonchev–Trinajstić information content (AvgIpc) is 2.97. The molecule has 1 unspecified atom stereocenters. The van der Waals surface area contributed by atoms with Crippen molar-refractivity contribution in [1.82, 2.24) is 4.90 Å². The summed E-state index contributed by atoms with van der Waals surface area (Å²) in [4.78, 5) is 41.4. The first-order chi connectivity index (χ1) is 14.3. The molecule has 1 atom stereocenters. The van der Waals surface area contributed by atoms with Gasteiger partial charge in [-0.15, -0.1) is 0 Å². The Bertz CT molecular complexity index is 1050. The quantitative estimate of drug-likeness (QED) is 0.530. The number of methoxy groups -OCH3 is 1. The van der Waals surface area contributed by atoms with Gasteiger partial charge in [0.25, 0.3) is 5.69 Å². The Morgan fingerprint density at radius 1 is 1.37 bits per heavy atom. The minimum Gasteiger partial charge on any atom is -0.496 e. The van der Waals surface area contributed by atoms with Crippen molar-refractivity contribution >= 4 is 57.4 Å². The number of ether oxygens (including phenoxy) is 1. The van der Waals surface area contributed by atoms with Gasteiger partial charge in [-0.25, -0.2) is 4.99 Å². The first kappa shape index (κ1) is 21.6. The van der Waals surface area contributed by atoms with Crippen molar-refractivity contribution in [2.24, 2.45) is 4.99 Å². The lowest BCUT2D eigenvalue weighted by Crippen LogP contribution is -2.30. The van der Waals surface area contributed by atoms with Crippen LogP contribution >= 0.6 is 23.4 Å². The molecular weight excluding hydrogens is 432 g/mol. The molecule has 1 aliphatic rings. The Kier molecular flexibility index (Phi) is 6.58. The third kappa shape index (κ3) is 4.71. The number of aliphatic imine (C=N–C) groups is 1. The molecule has 0 aromatic heterocycles. The number of carbonyl (C=O) groups excluding carboxylic acids is 2. The van der Waals surface area contributed by atoms with Crippen molar-refractivity contribution in [3.8, 4) is 5.75 Å². The molecule has 3 rings (SSSR count). The Labute approximate surface area is 181 Å². The summed E-state index contributed by atoms with van der Waals surface area (Å²) in [5.74, 6) is -0.519. The largest absolute Gasteiger partial charge is 0.496 e. The van der Waals surface area contributed by atoms with Gasteiger partial charge in [0, 0.05) is 13.5 Å². The summed E-state index contributed by atoms with van der Waals surface area (Å²) in [6.45, 7) is 0. The van der Waals surface area contributed by atoms with Gasteiger partial charge in [-0.1, -0.05) is 35.5 Å². The molecule has 9 nitrogen and oxygen atoms in total. The first-order valence-electron chi connectivity index (χ1n) is 8.70. The van der Waals surface area contributed by atoms with E-state index in [1.807, 2.05) is 0 Å². The van der Waals surface area contributed by atoms with Crippen LogP contribution in [0.1, 0.15) is 6.42 Å². The van der Waals surface area contributed by atoms with E-state index in [1.54, 1.807) is 31.3 Å². The molecule has 2 amide bonds. The van der Waals surface area contributed by atoms with E-state index in [9.17, 15) is 19.7 Å². The molecule has 1 saturated heterocycles. The summed E-state index contributed by atoms with van der Waals surface area (Å²) >= 11 is 7.25. The fraction of sp³-hybridized carbons (Fsp3) is 0.211. The standard InChI is InChI=1S/C19H17ClN4O5S/c1-23-18(26)16(30-19(23)22-13-6-4-3-5-12(13)20)10-17(25)21-14-8-7-11(29-2)9-15(14)24(27)28/h3-9,16H,10H2,1-2H3,(H,21,25). The van der Waals surface area contributed by atoms with Crippen molar-refractivity contribution in [2.75, 3.05) is 19.5 Å². The number of hydrogen-bond donors (Lipinski definition) is 1. The van der Waals surface area contributed by atoms with E-state index in [0.29, 0.717) is 21.6 Å². The van der Waals surface area contributed by atoms with E-state index in [2.05, 4.69) is 10.3 Å². The molecule has 11 heteroatoms. The molecule has 0 bridgehead atoms. The number of carbonyl (C=O) groups is 2. The number of para-hydroxylation sites is 1. The lowest BCUT2D eigenvalue weighted by molar-refractivity contribution is -0.384. The van der Waals surface area contributed by atoms with E-state index < -0.39 is 16.1 Å². The summed E-state index contributed by atoms with van der Waals surface area (Å²) in [5, 5.41) is 13.9. The number of amides is 2. The van der Waals surface area contributed by atoms with Crippen molar-refractivity contribution < 1.29 is 19.2 Å².